The predicted octanol–water partition coefficient (Wildman–Crippen LogP) is 3.76. The molecular weight excluding hydrogens is 386 g/mol. The number of hydrogen-bond acceptors (Lipinski definition) is 5. The average Bonchev–Trinajstić information content (AvgIpc) is 3.11. The normalized spacial score (nSPS) is 11.8. The molecule has 144 valence electrons. The molecule has 0 saturated carbocycles. The lowest BCUT2D eigenvalue weighted by molar-refractivity contribution is -0.384. The number of methoxy groups -OCH3 is 1. The van der Waals surface area contributed by atoms with Crippen molar-refractivity contribution >= 4 is 40.1 Å². The second-order valence-corrected chi connectivity index (χ2v) is 6.48. The highest BCUT2D eigenvalue weighted by Gasteiger charge is 2.22. The van der Waals surface area contributed by atoms with Crippen LogP contribution >= 0.6 is 11.6 Å². The Kier molecular flexibility index (Phi) is 5.60. The van der Waals surface area contributed by atoms with E-state index in [2.05, 4.69) is 10.3 Å². The van der Waals surface area contributed by atoms with Gasteiger partial charge < -0.3 is 15.0 Å². The van der Waals surface area contributed by atoms with Gasteiger partial charge in [-0.3, -0.25) is 19.7 Å². The monoisotopic (exact) mass is 401 g/mol. The molecule has 0 radical (unpaired) electrons. The van der Waals surface area contributed by atoms with E-state index in [-0.39, 0.29) is 17.7 Å². The maximum Gasteiger partial charge on any atom is 0.307 e. The molecule has 0 aliphatic heterocycles. The third-order valence-corrected chi connectivity index (χ3v) is 4.55. The van der Waals surface area contributed by atoms with E-state index in [1.165, 1.54) is 31.5 Å². The fourth-order valence-corrected chi connectivity index (χ4v) is 2.97. The molecule has 3 aromatic rings. The standard InChI is InChI=1S/C19H16ClN3O5/c1-28-18(24)9-17(11-2-4-12(20)5-3-11)22-19(25)15-10-21-16-7-6-13(23(26)27)8-14(15)16/h2-8,10,17,21H,9H2,1H3,(H,22,25). The van der Waals surface area contributed by atoms with Gasteiger partial charge in [0.05, 0.1) is 30.1 Å². The fraction of sp³-hybridized carbons (Fsp3) is 0.158. The number of hydrogen-bond donors (Lipinski definition) is 2. The van der Waals surface area contributed by atoms with Crippen LogP contribution in [0.4, 0.5) is 5.69 Å². The molecule has 0 aliphatic rings. The van der Waals surface area contributed by atoms with Crippen LogP contribution in [-0.2, 0) is 9.53 Å². The lowest BCUT2D eigenvalue weighted by atomic mass is 10.0. The van der Waals surface area contributed by atoms with E-state index in [0.29, 0.717) is 21.5 Å². The van der Waals surface area contributed by atoms with Crippen molar-refractivity contribution in [2.45, 2.75) is 12.5 Å². The average molecular weight is 402 g/mol. The maximum atomic E-state index is 12.8. The molecule has 1 unspecified atom stereocenters. The number of non-ortho nitro benzene ring substituents is 1. The topological polar surface area (TPSA) is 114 Å². The summed E-state index contributed by atoms with van der Waals surface area (Å²) >= 11 is 5.90. The molecule has 1 aromatic heterocycles. The van der Waals surface area contributed by atoms with Crippen molar-refractivity contribution in [3.05, 3.63) is 74.9 Å². The first-order valence-corrected chi connectivity index (χ1v) is 8.65. The van der Waals surface area contributed by atoms with Gasteiger partial charge in [-0.1, -0.05) is 23.7 Å². The Balaban J connectivity index is 1.92. The van der Waals surface area contributed by atoms with Crippen LogP contribution < -0.4 is 5.32 Å². The van der Waals surface area contributed by atoms with Crippen molar-refractivity contribution < 1.29 is 19.2 Å². The zero-order valence-corrected chi connectivity index (χ0v) is 15.5. The van der Waals surface area contributed by atoms with Gasteiger partial charge in [-0.15, -0.1) is 0 Å². The molecule has 0 aliphatic carbocycles. The van der Waals surface area contributed by atoms with E-state index >= 15 is 0 Å². The third-order valence-electron chi connectivity index (χ3n) is 4.30. The van der Waals surface area contributed by atoms with Gasteiger partial charge in [0, 0.05) is 34.3 Å². The summed E-state index contributed by atoms with van der Waals surface area (Å²) in [4.78, 5) is 38.0. The molecule has 0 fully saturated rings. The Hall–Kier alpha value is -3.39. The first-order valence-electron chi connectivity index (χ1n) is 8.27. The molecule has 3 rings (SSSR count). The van der Waals surface area contributed by atoms with Crippen LogP contribution in [0, 0.1) is 10.1 Å². The molecule has 1 amide bonds. The predicted molar refractivity (Wildman–Crippen MR) is 103 cm³/mol. The van der Waals surface area contributed by atoms with E-state index in [9.17, 15) is 19.7 Å². The Morgan fingerprint density at radius 2 is 1.96 bits per heavy atom. The number of aromatic amines is 1. The quantitative estimate of drug-likeness (QED) is 0.370. The van der Waals surface area contributed by atoms with E-state index in [4.69, 9.17) is 16.3 Å². The molecule has 8 nitrogen and oxygen atoms in total. The van der Waals surface area contributed by atoms with E-state index in [0.717, 1.165) is 0 Å². The number of halogens is 1. The number of H-pyrrole nitrogens is 1. The van der Waals surface area contributed by atoms with Crippen molar-refractivity contribution in [2.24, 2.45) is 0 Å². The summed E-state index contributed by atoms with van der Waals surface area (Å²) in [7, 11) is 1.27. The van der Waals surface area contributed by atoms with Crippen LogP contribution in [0.25, 0.3) is 10.9 Å². The van der Waals surface area contributed by atoms with Crippen LogP contribution in [0.1, 0.15) is 28.4 Å². The summed E-state index contributed by atoms with van der Waals surface area (Å²) in [6, 6.07) is 10.3. The molecule has 28 heavy (non-hydrogen) atoms. The molecule has 0 saturated heterocycles. The van der Waals surface area contributed by atoms with Crippen LogP contribution in [0.5, 0.6) is 0 Å². The van der Waals surface area contributed by atoms with Crippen LogP contribution in [0.2, 0.25) is 5.02 Å². The highest BCUT2D eigenvalue weighted by atomic mass is 35.5. The third kappa shape index (κ3) is 4.12. The summed E-state index contributed by atoms with van der Waals surface area (Å²) in [5.74, 6) is -0.967. The minimum Gasteiger partial charge on any atom is -0.469 e. The molecule has 2 aromatic carbocycles. The number of carbonyl (C=O) groups excluding carboxylic acids is 2. The first kappa shape index (κ1) is 19.4. The van der Waals surface area contributed by atoms with Gasteiger partial charge in [-0.2, -0.15) is 0 Å². The number of esters is 1. The van der Waals surface area contributed by atoms with Crippen molar-refractivity contribution in [3.8, 4) is 0 Å². The summed E-state index contributed by atoms with van der Waals surface area (Å²) in [6.07, 6.45) is 1.40. The van der Waals surface area contributed by atoms with E-state index < -0.39 is 22.8 Å². The second-order valence-electron chi connectivity index (χ2n) is 6.05. The van der Waals surface area contributed by atoms with Crippen molar-refractivity contribution in [3.63, 3.8) is 0 Å². The van der Waals surface area contributed by atoms with Crippen LogP contribution in [0.3, 0.4) is 0 Å². The fourth-order valence-electron chi connectivity index (χ4n) is 2.84. The van der Waals surface area contributed by atoms with Crippen molar-refractivity contribution in [2.75, 3.05) is 7.11 Å². The maximum absolute atomic E-state index is 12.8. The summed E-state index contributed by atoms with van der Waals surface area (Å²) in [5, 5.41) is 14.8. The second kappa shape index (κ2) is 8.10. The zero-order valence-electron chi connectivity index (χ0n) is 14.8. The summed E-state index contributed by atoms with van der Waals surface area (Å²) in [5.41, 5.74) is 1.38. The number of fused-ring (bicyclic) bond motifs is 1. The van der Waals surface area contributed by atoms with Gasteiger partial charge in [-0.25, -0.2) is 0 Å². The van der Waals surface area contributed by atoms with Crippen LogP contribution in [0.15, 0.2) is 48.7 Å². The molecule has 0 bridgehead atoms. The SMILES string of the molecule is COC(=O)CC(NC(=O)c1c[nH]c2ccc([N+](=O)[O-])cc12)c1ccc(Cl)cc1. The Morgan fingerprint density at radius 1 is 1.25 bits per heavy atom. The number of nitrogens with one attached hydrogen (secondary N) is 2. The van der Waals surface area contributed by atoms with Gasteiger partial charge in [0.1, 0.15) is 0 Å². The molecular formula is C19H16ClN3O5. The minimum absolute atomic E-state index is 0.0770. The Bertz CT molecular complexity index is 1050. The Labute approximate surface area is 164 Å². The van der Waals surface area contributed by atoms with E-state index in [1.807, 2.05) is 0 Å². The number of nitrogens with zero attached hydrogens (tertiary/aromatic N) is 1. The van der Waals surface area contributed by atoms with Gasteiger partial charge >= 0.3 is 5.97 Å². The number of nitro groups is 1. The number of amides is 1. The summed E-state index contributed by atoms with van der Waals surface area (Å²) < 4.78 is 4.71. The van der Waals surface area contributed by atoms with Gasteiger partial charge in [0.15, 0.2) is 0 Å². The highest BCUT2D eigenvalue weighted by molar-refractivity contribution is 6.30. The van der Waals surface area contributed by atoms with Gasteiger partial charge in [-0.05, 0) is 23.8 Å². The zero-order chi connectivity index (χ0) is 20.3. The van der Waals surface area contributed by atoms with Crippen molar-refractivity contribution in [1.29, 1.82) is 0 Å². The minimum atomic E-state index is -0.652. The number of carbonyl (C=O) groups is 2. The number of rotatable bonds is 6. The van der Waals surface area contributed by atoms with Crippen LogP contribution in [-0.4, -0.2) is 28.9 Å². The lowest BCUT2D eigenvalue weighted by Gasteiger charge is -2.18. The van der Waals surface area contributed by atoms with Crippen molar-refractivity contribution in [1.82, 2.24) is 10.3 Å². The molecule has 9 heteroatoms. The number of aromatic nitrogens is 1. The Morgan fingerprint density at radius 3 is 2.61 bits per heavy atom. The molecule has 1 heterocycles. The van der Waals surface area contributed by atoms with Gasteiger partial charge in [0.25, 0.3) is 11.6 Å². The first-order chi connectivity index (χ1) is 13.4. The molecule has 2 N–H and O–H groups in total. The summed E-state index contributed by atoms with van der Waals surface area (Å²) in [6.45, 7) is 0. The number of nitro benzene ring substituents is 1. The van der Waals surface area contributed by atoms with Gasteiger partial charge in [0.2, 0.25) is 0 Å². The smallest absolute Gasteiger partial charge is 0.307 e. The molecule has 1 atom stereocenters. The molecule has 0 spiro atoms. The number of ether oxygens (including phenoxy) is 1. The number of benzene rings is 2. The van der Waals surface area contributed by atoms with E-state index in [1.54, 1.807) is 24.3 Å². The largest absolute Gasteiger partial charge is 0.469 e. The lowest BCUT2D eigenvalue weighted by Crippen LogP contribution is -2.30. The highest BCUT2D eigenvalue weighted by Crippen LogP contribution is 2.25.